The molecule has 4 heteroatoms. The topological polar surface area (TPSA) is 63.3 Å². The third kappa shape index (κ3) is 2.18. The largest absolute Gasteiger partial charge is 0.478 e. The monoisotopic (exact) mass is 183 g/mol. The molecule has 0 unspecified atom stereocenters. The van der Waals surface area contributed by atoms with Crippen molar-refractivity contribution in [2.45, 2.75) is 6.42 Å². The normalized spacial score (nSPS) is 9.92. The van der Waals surface area contributed by atoms with E-state index in [0.717, 1.165) is 0 Å². The number of benzene rings is 1. The summed E-state index contributed by atoms with van der Waals surface area (Å²) in [4.78, 5) is 10.5. The summed E-state index contributed by atoms with van der Waals surface area (Å²) in [6.45, 7) is -0.489. The molecule has 0 bridgehead atoms. The zero-order valence-corrected chi connectivity index (χ0v) is 6.96. The van der Waals surface area contributed by atoms with E-state index in [0.29, 0.717) is 11.3 Å². The Hall–Kier alpha value is -1.58. The van der Waals surface area contributed by atoms with E-state index in [1.165, 1.54) is 12.1 Å². The quantitative estimate of drug-likeness (QED) is 0.697. The Morgan fingerprint density at radius 1 is 1.54 bits per heavy atom. The highest BCUT2D eigenvalue weighted by atomic mass is 19.1. The minimum Gasteiger partial charge on any atom is -0.478 e. The number of carboxylic acid groups (broad SMARTS) is 1. The molecule has 0 fully saturated rings. The van der Waals surface area contributed by atoms with Crippen LogP contribution in [-0.4, -0.2) is 17.8 Å². The van der Waals surface area contributed by atoms with E-state index in [1.54, 1.807) is 6.07 Å². The SMILES string of the molecule is Nc1cc(C(=O)O)ccc1CCF. The standard InChI is InChI=1S/C9H10FNO2/c10-4-3-6-1-2-7(9(12)13)5-8(6)11/h1-2,5H,3-4,11H2,(H,12,13). The molecule has 0 radical (unpaired) electrons. The summed E-state index contributed by atoms with van der Waals surface area (Å²) in [6, 6.07) is 4.30. The maximum atomic E-state index is 11.9. The maximum Gasteiger partial charge on any atom is 0.335 e. The number of aryl methyl sites for hydroxylation is 1. The maximum absolute atomic E-state index is 11.9. The number of anilines is 1. The van der Waals surface area contributed by atoms with Crippen molar-refractivity contribution in [3.63, 3.8) is 0 Å². The number of carbonyl (C=O) groups is 1. The molecule has 1 rings (SSSR count). The smallest absolute Gasteiger partial charge is 0.335 e. The molecule has 0 aliphatic carbocycles. The van der Waals surface area contributed by atoms with Gasteiger partial charge < -0.3 is 10.8 Å². The van der Waals surface area contributed by atoms with Crippen molar-refractivity contribution in [1.82, 2.24) is 0 Å². The van der Waals surface area contributed by atoms with Crippen molar-refractivity contribution in [3.8, 4) is 0 Å². The van der Waals surface area contributed by atoms with Crippen molar-refractivity contribution < 1.29 is 14.3 Å². The number of nitrogens with two attached hydrogens (primary N) is 1. The Balaban J connectivity index is 2.98. The summed E-state index contributed by atoms with van der Waals surface area (Å²) in [5.41, 5.74) is 6.62. The van der Waals surface area contributed by atoms with Crippen molar-refractivity contribution in [3.05, 3.63) is 29.3 Å². The number of aromatic carboxylic acids is 1. The summed E-state index contributed by atoms with van der Waals surface area (Å²) in [5.74, 6) is -1.03. The molecule has 0 aromatic heterocycles. The fraction of sp³-hybridized carbons (Fsp3) is 0.222. The number of nitrogen functional groups attached to an aromatic ring is 1. The predicted molar refractivity (Wildman–Crippen MR) is 47.5 cm³/mol. The van der Waals surface area contributed by atoms with Gasteiger partial charge in [0, 0.05) is 12.1 Å². The average Bonchev–Trinajstić information content (AvgIpc) is 2.08. The fourth-order valence-corrected chi connectivity index (χ4v) is 1.06. The van der Waals surface area contributed by atoms with Crippen LogP contribution >= 0.6 is 0 Å². The lowest BCUT2D eigenvalue weighted by molar-refractivity contribution is 0.0697. The number of alkyl halides is 1. The average molecular weight is 183 g/mol. The van der Waals surface area contributed by atoms with Gasteiger partial charge in [-0.3, -0.25) is 4.39 Å². The Bertz CT molecular complexity index is 325. The summed E-state index contributed by atoms with van der Waals surface area (Å²) < 4.78 is 11.9. The molecule has 0 saturated carbocycles. The molecular formula is C9H10FNO2. The van der Waals surface area contributed by atoms with Crippen LogP contribution in [-0.2, 0) is 6.42 Å². The van der Waals surface area contributed by atoms with Gasteiger partial charge in [-0.2, -0.15) is 0 Å². The van der Waals surface area contributed by atoms with Crippen LogP contribution in [0.2, 0.25) is 0 Å². The van der Waals surface area contributed by atoms with Gasteiger partial charge in [-0.05, 0) is 17.7 Å². The molecule has 0 heterocycles. The highest BCUT2D eigenvalue weighted by molar-refractivity contribution is 5.88. The third-order valence-electron chi connectivity index (χ3n) is 1.76. The lowest BCUT2D eigenvalue weighted by Crippen LogP contribution is -2.01. The van der Waals surface area contributed by atoms with Gasteiger partial charge in [0.2, 0.25) is 0 Å². The van der Waals surface area contributed by atoms with Crippen LogP contribution < -0.4 is 5.73 Å². The van der Waals surface area contributed by atoms with E-state index < -0.39 is 12.6 Å². The van der Waals surface area contributed by atoms with Crippen molar-refractivity contribution in [2.75, 3.05) is 12.4 Å². The van der Waals surface area contributed by atoms with Gasteiger partial charge in [0.25, 0.3) is 0 Å². The Kier molecular flexibility index (Phi) is 2.84. The van der Waals surface area contributed by atoms with Crippen LogP contribution in [0.3, 0.4) is 0 Å². The summed E-state index contributed by atoms with van der Waals surface area (Å²) in [7, 11) is 0. The zero-order valence-electron chi connectivity index (χ0n) is 6.96. The second-order valence-electron chi connectivity index (χ2n) is 2.66. The second kappa shape index (κ2) is 3.89. The van der Waals surface area contributed by atoms with Gasteiger partial charge in [-0.1, -0.05) is 6.07 Å². The van der Waals surface area contributed by atoms with Gasteiger partial charge in [0.1, 0.15) is 0 Å². The number of halogens is 1. The van der Waals surface area contributed by atoms with Gasteiger partial charge in [0.15, 0.2) is 0 Å². The molecule has 0 spiro atoms. The molecular weight excluding hydrogens is 173 g/mol. The first-order chi connectivity index (χ1) is 6.15. The summed E-state index contributed by atoms with van der Waals surface area (Å²) in [5, 5.41) is 8.60. The van der Waals surface area contributed by atoms with Gasteiger partial charge in [-0.25, -0.2) is 4.79 Å². The predicted octanol–water partition coefficient (Wildman–Crippen LogP) is 1.48. The first-order valence-electron chi connectivity index (χ1n) is 3.83. The van der Waals surface area contributed by atoms with Crippen molar-refractivity contribution in [1.29, 1.82) is 0 Å². The number of hydrogen-bond acceptors (Lipinski definition) is 2. The lowest BCUT2D eigenvalue weighted by atomic mass is 10.1. The van der Waals surface area contributed by atoms with Crippen LogP contribution in [0.25, 0.3) is 0 Å². The molecule has 1 aromatic rings. The third-order valence-corrected chi connectivity index (χ3v) is 1.76. The first-order valence-corrected chi connectivity index (χ1v) is 3.83. The molecule has 0 aliphatic heterocycles. The van der Waals surface area contributed by atoms with Crippen LogP contribution in [0.15, 0.2) is 18.2 Å². The van der Waals surface area contributed by atoms with Crippen molar-refractivity contribution >= 4 is 11.7 Å². The molecule has 3 nitrogen and oxygen atoms in total. The highest BCUT2D eigenvalue weighted by Crippen LogP contribution is 2.14. The zero-order chi connectivity index (χ0) is 9.84. The van der Waals surface area contributed by atoms with Gasteiger partial charge in [0.05, 0.1) is 12.2 Å². The highest BCUT2D eigenvalue weighted by Gasteiger charge is 2.05. The van der Waals surface area contributed by atoms with Crippen LogP contribution in [0.4, 0.5) is 10.1 Å². The molecule has 0 amide bonds. The molecule has 0 aliphatic rings. The van der Waals surface area contributed by atoms with Crippen molar-refractivity contribution in [2.24, 2.45) is 0 Å². The molecule has 70 valence electrons. The Labute approximate surface area is 75.0 Å². The fourth-order valence-electron chi connectivity index (χ4n) is 1.06. The minimum absolute atomic E-state index is 0.125. The van der Waals surface area contributed by atoms with E-state index in [2.05, 4.69) is 0 Å². The van der Waals surface area contributed by atoms with Gasteiger partial charge >= 0.3 is 5.97 Å². The number of rotatable bonds is 3. The van der Waals surface area contributed by atoms with E-state index >= 15 is 0 Å². The van der Waals surface area contributed by atoms with Crippen LogP contribution in [0, 0.1) is 0 Å². The Morgan fingerprint density at radius 2 is 2.23 bits per heavy atom. The second-order valence-corrected chi connectivity index (χ2v) is 2.66. The molecule has 0 atom stereocenters. The molecule has 0 saturated heterocycles. The van der Waals surface area contributed by atoms with Gasteiger partial charge in [-0.15, -0.1) is 0 Å². The molecule has 1 aromatic carbocycles. The van der Waals surface area contributed by atoms with E-state index in [1.807, 2.05) is 0 Å². The van der Waals surface area contributed by atoms with Crippen LogP contribution in [0.5, 0.6) is 0 Å². The number of carboxylic acids is 1. The summed E-state index contributed by atoms with van der Waals surface area (Å²) >= 11 is 0. The minimum atomic E-state index is -1.03. The number of hydrogen-bond donors (Lipinski definition) is 2. The Morgan fingerprint density at radius 3 is 2.69 bits per heavy atom. The van der Waals surface area contributed by atoms with E-state index in [9.17, 15) is 9.18 Å². The van der Waals surface area contributed by atoms with Crippen LogP contribution in [0.1, 0.15) is 15.9 Å². The van der Waals surface area contributed by atoms with E-state index in [-0.39, 0.29) is 12.0 Å². The molecule has 13 heavy (non-hydrogen) atoms. The molecule has 3 N–H and O–H groups in total. The lowest BCUT2D eigenvalue weighted by Gasteiger charge is -2.03. The van der Waals surface area contributed by atoms with E-state index in [4.69, 9.17) is 10.8 Å². The summed E-state index contributed by atoms with van der Waals surface area (Å²) in [6.07, 6.45) is 0.228. The first kappa shape index (κ1) is 9.51.